The van der Waals surface area contributed by atoms with Gasteiger partial charge in [-0.25, -0.2) is 0 Å². The van der Waals surface area contributed by atoms with E-state index in [-0.39, 0.29) is 5.91 Å². The maximum atomic E-state index is 11.7. The van der Waals surface area contributed by atoms with Gasteiger partial charge in [0.1, 0.15) is 0 Å². The first-order valence-electron chi connectivity index (χ1n) is 4.57. The summed E-state index contributed by atoms with van der Waals surface area (Å²) in [4.78, 5) is 11.7. The number of nitrogens with one attached hydrogen (secondary N) is 1. The van der Waals surface area contributed by atoms with E-state index in [9.17, 15) is 4.79 Å². The van der Waals surface area contributed by atoms with Crippen LogP contribution in [0.15, 0.2) is 18.2 Å². The van der Waals surface area contributed by atoms with Gasteiger partial charge >= 0.3 is 0 Å². The summed E-state index contributed by atoms with van der Waals surface area (Å²) in [6.07, 6.45) is 0. The molecule has 0 fully saturated rings. The molecule has 1 amide bonds. The zero-order valence-electron chi connectivity index (χ0n) is 8.90. The Morgan fingerprint density at radius 3 is 2.53 bits per heavy atom. The number of anilines is 1. The van der Waals surface area contributed by atoms with Gasteiger partial charge in [-0.15, -0.1) is 0 Å². The van der Waals surface area contributed by atoms with Gasteiger partial charge in [-0.05, 0) is 40.8 Å². The molecular weight excluding hydrogens is 324 g/mol. The molecule has 15 heavy (non-hydrogen) atoms. The van der Waals surface area contributed by atoms with Crippen molar-refractivity contribution in [3.63, 3.8) is 0 Å². The highest BCUT2D eigenvalue weighted by molar-refractivity contribution is 14.1. The number of carbonyl (C=O) groups is 1. The van der Waals surface area contributed by atoms with Crippen LogP contribution in [-0.4, -0.2) is 5.91 Å². The second-order valence-corrected chi connectivity index (χ2v) is 5.98. The number of hydrogen-bond donors (Lipinski definition) is 1. The lowest BCUT2D eigenvalue weighted by molar-refractivity contribution is -0.123. The highest BCUT2D eigenvalue weighted by Crippen LogP contribution is 2.26. The molecule has 0 bridgehead atoms. The molecule has 0 saturated heterocycles. The van der Waals surface area contributed by atoms with Crippen LogP contribution in [0.4, 0.5) is 5.69 Å². The van der Waals surface area contributed by atoms with Gasteiger partial charge in [0, 0.05) is 8.99 Å². The van der Waals surface area contributed by atoms with E-state index in [4.69, 9.17) is 11.6 Å². The topological polar surface area (TPSA) is 29.1 Å². The molecule has 1 aromatic rings. The van der Waals surface area contributed by atoms with Gasteiger partial charge in [0.15, 0.2) is 0 Å². The van der Waals surface area contributed by atoms with Gasteiger partial charge in [-0.2, -0.15) is 0 Å². The highest BCUT2D eigenvalue weighted by Gasteiger charge is 2.21. The Balaban J connectivity index is 2.90. The van der Waals surface area contributed by atoms with Crippen LogP contribution >= 0.6 is 34.2 Å². The van der Waals surface area contributed by atoms with E-state index in [1.807, 2.05) is 32.9 Å². The highest BCUT2D eigenvalue weighted by atomic mass is 127. The van der Waals surface area contributed by atoms with E-state index in [0.29, 0.717) is 10.7 Å². The van der Waals surface area contributed by atoms with Gasteiger partial charge in [-0.3, -0.25) is 4.79 Å². The van der Waals surface area contributed by atoms with Crippen LogP contribution in [0, 0.1) is 8.99 Å². The molecule has 1 aromatic carbocycles. The van der Waals surface area contributed by atoms with Crippen LogP contribution in [0.1, 0.15) is 20.8 Å². The molecule has 0 unspecified atom stereocenters. The summed E-state index contributed by atoms with van der Waals surface area (Å²) in [6, 6.07) is 5.53. The fraction of sp³-hybridized carbons (Fsp3) is 0.364. The van der Waals surface area contributed by atoms with Crippen LogP contribution in [0.5, 0.6) is 0 Å². The Kier molecular flexibility index (Phi) is 4.00. The molecule has 82 valence electrons. The molecule has 0 spiro atoms. The molecule has 1 rings (SSSR count). The molecule has 0 atom stereocenters. The summed E-state index contributed by atoms with van der Waals surface area (Å²) < 4.78 is 1.04. The monoisotopic (exact) mass is 337 g/mol. The first kappa shape index (κ1) is 12.8. The van der Waals surface area contributed by atoms with Crippen molar-refractivity contribution in [2.45, 2.75) is 20.8 Å². The van der Waals surface area contributed by atoms with Crippen molar-refractivity contribution in [3.05, 3.63) is 26.8 Å². The van der Waals surface area contributed by atoms with Crippen molar-refractivity contribution in [3.8, 4) is 0 Å². The third-order valence-corrected chi connectivity index (χ3v) is 2.86. The Bertz CT molecular complexity index is 385. The Hall–Kier alpha value is -0.290. The summed E-state index contributed by atoms with van der Waals surface area (Å²) >= 11 is 8.15. The molecule has 0 aliphatic carbocycles. The Morgan fingerprint density at radius 2 is 2.00 bits per heavy atom. The number of benzene rings is 1. The van der Waals surface area contributed by atoms with Crippen LogP contribution in [-0.2, 0) is 4.79 Å². The third kappa shape index (κ3) is 3.65. The minimum absolute atomic E-state index is 0.0357. The summed E-state index contributed by atoms with van der Waals surface area (Å²) in [5.74, 6) is -0.0357. The maximum absolute atomic E-state index is 11.7. The lowest BCUT2D eigenvalue weighted by Gasteiger charge is -2.18. The summed E-state index contributed by atoms with van der Waals surface area (Å²) in [6.45, 7) is 5.60. The van der Waals surface area contributed by atoms with Crippen molar-refractivity contribution in [2.24, 2.45) is 5.41 Å². The second-order valence-electron chi connectivity index (χ2n) is 4.33. The summed E-state index contributed by atoms with van der Waals surface area (Å²) in [7, 11) is 0. The van der Waals surface area contributed by atoms with Crippen molar-refractivity contribution in [1.82, 2.24) is 0 Å². The summed E-state index contributed by atoms with van der Waals surface area (Å²) in [5, 5.41) is 3.38. The van der Waals surface area contributed by atoms with E-state index in [0.717, 1.165) is 3.57 Å². The maximum Gasteiger partial charge on any atom is 0.229 e. The average molecular weight is 338 g/mol. The smallest absolute Gasteiger partial charge is 0.229 e. The van der Waals surface area contributed by atoms with Gasteiger partial charge in [0.25, 0.3) is 0 Å². The fourth-order valence-electron chi connectivity index (χ4n) is 0.903. The van der Waals surface area contributed by atoms with Crippen LogP contribution < -0.4 is 5.32 Å². The molecular formula is C11H13ClINO. The van der Waals surface area contributed by atoms with Gasteiger partial charge in [0.2, 0.25) is 5.91 Å². The van der Waals surface area contributed by atoms with E-state index < -0.39 is 5.41 Å². The zero-order valence-corrected chi connectivity index (χ0v) is 11.8. The lowest BCUT2D eigenvalue weighted by atomic mass is 9.95. The molecule has 4 heteroatoms. The number of halogens is 2. The van der Waals surface area contributed by atoms with Crippen LogP contribution in [0.3, 0.4) is 0 Å². The predicted octanol–water partition coefficient (Wildman–Crippen LogP) is 3.93. The molecule has 2 nitrogen and oxygen atoms in total. The molecule has 1 N–H and O–H groups in total. The first-order valence-corrected chi connectivity index (χ1v) is 6.03. The fourth-order valence-corrected chi connectivity index (χ4v) is 1.56. The second kappa shape index (κ2) is 4.70. The van der Waals surface area contributed by atoms with Crippen molar-refractivity contribution in [1.29, 1.82) is 0 Å². The molecule has 0 aromatic heterocycles. The molecule has 0 radical (unpaired) electrons. The van der Waals surface area contributed by atoms with Crippen LogP contribution in [0.2, 0.25) is 5.02 Å². The normalized spacial score (nSPS) is 11.3. The quantitative estimate of drug-likeness (QED) is 0.773. The first-order chi connectivity index (χ1) is 6.80. The van der Waals surface area contributed by atoms with E-state index >= 15 is 0 Å². The van der Waals surface area contributed by atoms with E-state index in [2.05, 4.69) is 27.9 Å². The van der Waals surface area contributed by atoms with Gasteiger partial charge in [-0.1, -0.05) is 32.4 Å². The lowest BCUT2D eigenvalue weighted by Crippen LogP contribution is -2.27. The molecule has 0 heterocycles. The molecule has 0 aliphatic rings. The average Bonchev–Trinajstić information content (AvgIpc) is 2.09. The largest absolute Gasteiger partial charge is 0.324 e. The SMILES string of the molecule is CC(C)(C)C(=O)Nc1cc(I)ccc1Cl. The number of hydrogen-bond acceptors (Lipinski definition) is 1. The predicted molar refractivity (Wildman–Crippen MR) is 72.3 cm³/mol. The van der Waals surface area contributed by atoms with E-state index in [1.54, 1.807) is 6.07 Å². The number of amides is 1. The summed E-state index contributed by atoms with van der Waals surface area (Å²) in [5.41, 5.74) is 0.258. The zero-order chi connectivity index (χ0) is 11.6. The van der Waals surface area contributed by atoms with E-state index in [1.165, 1.54) is 0 Å². The Labute approximate surface area is 109 Å². The molecule has 0 aliphatic heterocycles. The minimum atomic E-state index is -0.412. The van der Waals surface area contributed by atoms with Crippen molar-refractivity contribution >= 4 is 45.8 Å². The van der Waals surface area contributed by atoms with Gasteiger partial charge < -0.3 is 5.32 Å². The third-order valence-electron chi connectivity index (χ3n) is 1.86. The Morgan fingerprint density at radius 1 is 1.40 bits per heavy atom. The van der Waals surface area contributed by atoms with Crippen molar-refractivity contribution < 1.29 is 4.79 Å². The molecule has 0 saturated carbocycles. The standard InChI is InChI=1S/C11H13ClINO/c1-11(2,3)10(15)14-9-6-7(13)4-5-8(9)12/h4-6H,1-3H3,(H,14,15). The number of carbonyl (C=O) groups excluding carboxylic acids is 1. The van der Waals surface area contributed by atoms with Gasteiger partial charge in [0.05, 0.1) is 10.7 Å². The number of rotatable bonds is 1. The van der Waals surface area contributed by atoms with Crippen LogP contribution in [0.25, 0.3) is 0 Å². The van der Waals surface area contributed by atoms with Crippen molar-refractivity contribution in [2.75, 3.05) is 5.32 Å². The minimum Gasteiger partial charge on any atom is -0.324 e.